The van der Waals surface area contributed by atoms with Crippen LogP contribution in [-0.2, 0) is 0 Å². The maximum atomic E-state index is 13.0. The van der Waals surface area contributed by atoms with E-state index in [4.69, 9.17) is 20.9 Å². The summed E-state index contributed by atoms with van der Waals surface area (Å²) in [6, 6.07) is 11.4. The first-order valence-corrected chi connectivity index (χ1v) is 7.46. The van der Waals surface area contributed by atoms with Crippen LogP contribution in [0.5, 0.6) is 11.5 Å². The van der Waals surface area contributed by atoms with E-state index < -0.39 is 0 Å². The van der Waals surface area contributed by atoms with Crippen molar-refractivity contribution < 1.29 is 13.9 Å². The molecule has 0 bridgehead atoms. The molecule has 124 valence electrons. The molecule has 0 aliphatic rings. The molecule has 0 atom stereocenters. The average Bonchev–Trinajstić information content (AvgIpc) is 2.54. The van der Waals surface area contributed by atoms with Gasteiger partial charge in [0.25, 0.3) is 0 Å². The van der Waals surface area contributed by atoms with Crippen molar-refractivity contribution in [2.45, 2.75) is 6.42 Å². The Morgan fingerprint density at radius 1 is 0.958 bits per heavy atom. The third kappa shape index (κ3) is 3.62. The lowest BCUT2D eigenvalue weighted by atomic mass is 10.2. The molecule has 0 spiro atoms. The number of nitrogen functional groups attached to an aromatic ring is 2. The smallest absolute Gasteiger partial charge is 0.222 e. The molecule has 6 nitrogen and oxygen atoms in total. The summed E-state index contributed by atoms with van der Waals surface area (Å²) in [5.41, 5.74) is 12.1. The Kier molecular flexibility index (Phi) is 4.60. The van der Waals surface area contributed by atoms with Crippen LogP contribution in [0.4, 0.5) is 16.2 Å². The van der Waals surface area contributed by atoms with Gasteiger partial charge in [0.15, 0.2) is 0 Å². The molecule has 0 saturated carbocycles. The van der Waals surface area contributed by atoms with E-state index in [1.165, 1.54) is 12.1 Å². The Hall–Kier alpha value is -3.09. The zero-order chi connectivity index (χ0) is 16.9. The van der Waals surface area contributed by atoms with Gasteiger partial charge in [-0.3, -0.25) is 0 Å². The summed E-state index contributed by atoms with van der Waals surface area (Å²) in [5, 5.41) is 0.637. The first-order valence-electron chi connectivity index (χ1n) is 7.46. The molecule has 1 aromatic heterocycles. The number of hydrogen-bond acceptors (Lipinski definition) is 6. The lowest BCUT2D eigenvalue weighted by molar-refractivity contribution is 0.248. The summed E-state index contributed by atoms with van der Waals surface area (Å²) in [4.78, 5) is 8.09. The highest BCUT2D eigenvalue weighted by Gasteiger charge is 2.09. The van der Waals surface area contributed by atoms with E-state index in [2.05, 4.69) is 9.97 Å². The lowest BCUT2D eigenvalue weighted by Gasteiger charge is -2.11. The number of ether oxygens (including phenoxy) is 2. The highest BCUT2D eigenvalue weighted by atomic mass is 19.1. The van der Waals surface area contributed by atoms with Crippen molar-refractivity contribution in [3.8, 4) is 11.5 Å². The van der Waals surface area contributed by atoms with Crippen molar-refractivity contribution in [3.05, 3.63) is 48.3 Å². The van der Waals surface area contributed by atoms with Gasteiger partial charge < -0.3 is 20.9 Å². The molecule has 0 unspecified atom stereocenters. The third-order valence-corrected chi connectivity index (χ3v) is 3.34. The van der Waals surface area contributed by atoms with Gasteiger partial charge in [0.2, 0.25) is 5.95 Å². The van der Waals surface area contributed by atoms with Crippen LogP contribution in [-0.4, -0.2) is 23.2 Å². The Labute approximate surface area is 138 Å². The minimum Gasteiger partial charge on any atom is -0.493 e. The zero-order valence-corrected chi connectivity index (χ0v) is 12.9. The quantitative estimate of drug-likeness (QED) is 0.675. The number of aromatic nitrogens is 2. The number of fused-ring (bicyclic) bond motifs is 1. The van der Waals surface area contributed by atoms with Crippen LogP contribution in [0.15, 0.2) is 42.5 Å². The van der Waals surface area contributed by atoms with Gasteiger partial charge in [-0.15, -0.1) is 0 Å². The molecule has 24 heavy (non-hydrogen) atoms. The Morgan fingerprint density at radius 3 is 2.58 bits per heavy atom. The summed E-state index contributed by atoms with van der Waals surface area (Å²) in [7, 11) is 0. The minimum absolute atomic E-state index is 0.126. The molecule has 0 radical (unpaired) electrons. The normalized spacial score (nSPS) is 10.7. The van der Waals surface area contributed by atoms with E-state index in [0.29, 0.717) is 42.0 Å². The van der Waals surface area contributed by atoms with Crippen molar-refractivity contribution >= 4 is 22.7 Å². The van der Waals surface area contributed by atoms with Crippen molar-refractivity contribution in [1.29, 1.82) is 0 Å². The molecule has 2 aromatic carbocycles. The topological polar surface area (TPSA) is 96.3 Å². The van der Waals surface area contributed by atoms with Crippen LogP contribution in [0.25, 0.3) is 10.9 Å². The maximum absolute atomic E-state index is 13.0. The third-order valence-electron chi connectivity index (χ3n) is 3.34. The average molecular weight is 328 g/mol. The molecule has 0 saturated heterocycles. The largest absolute Gasteiger partial charge is 0.493 e. The first-order chi connectivity index (χ1) is 11.6. The van der Waals surface area contributed by atoms with Gasteiger partial charge in [0, 0.05) is 12.5 Å². The predicted octanol–water partition coefficient (Wildman–Crippen LogP) is 2.78. The van der Waals surface area contributed by atoms with Crippen molar-refractivity contribution in [3.63, 3.8) is 0 Å². The number of hydrogen-bond donors (Lipinski definition) is 2. The van der Waals surface area contributed by atoms with Crippen LogP contribution in [0, 0.1) is 5.82 Å². The second-order valence-electron chi connectivity index (χ2n) is 5.13. The molecule has 3 rings (SSSR count). The van der Waals surface area contributed by atoms with Crippen LogP contribution in [0.3, 0.4) is 0 Å². The molecule has 1 heterocycles. The highest BCUT2D eigenvalue weighted by Crippen LogP contribution is 2.29. The standard InChI is InChI=1S/C17H17FN4O2/c18-11-4-1-5-12(10-11)23-8-3-9-24-14-7-2-6-13-15(14)16(19)22-17(20)21-13/h1-2,4-7,10H,3,8-9H2,(H4,19,20,21,22). The number of benzene rings is 2. The van der Waals surface area contributed by atoms with Gasteiger partial charge in [-0.2, -0.15) is 4.98 Å². The fourth-order valence-corrected chi connectivity index (χ4v) is 2.31. The van der Waals surface area contributed by atoms with Gasteiger partial charge >= 0.3 is 0 Å². The lowest BCUT2D eigenvalue weighted by Crippen LogP contribution is -2.06. The summed E-state index contributed by atoms with van der Waals surface area (Å²) < 4.78 is 24.3. The van der Waals surface area contributed by atoms with Gasteiger partial charge in [-0.1, -0.05) is 12.1 Å². The number of halogens is 1. The molecule has 7 heteroatoms. The van der Waals surface area contributed by atoms with Gasteiger partial charge in [-0.05, 0) is 24.3 Å². The van der Waals surface area contributed by atoms with Crippen LogP contribution < -0.4 is 20.9 Å². The molecule has 4 N–H and O–H groups in total. The van der Waals surface area contributed by atoms with Gasteiger partial charge in [0.05, 0.1) is 24.1 Å². The summed E-state index contributed by atoms with van der Waals surface area (Å²) in [6.45, 7) is 0.825. The second-order valence-corrected chi connectivity index (χ2v) is 5.13. The van der Waals surface area contributed by atoms with Crippen LogP contribution in [0.1, 0.15) is 6.42 Å². The molecule has 0 fully saturated rings. The number of rotatable bonds is 6. The summed E-state index contributed by atoms with van der Waals surface area (Å²) in [5.74, 6) is 1.17. The number of anilines is 2. The summed E-state index contributed by atoms with van der Waals surface area (Å²) >= 11 is 0. The Bertz CT molecular complexity index is 857. The van der Waals surface area contributed by atoms with Crippen molar-refractivity contribution in [2.24, 2.45) is 0 Å². The minimum atomic E-state index is -0.325. The predicted molar refractivity (Wildman–Crippen MR) is 90.4 cm³/mol. The number of nitrogens with two attached hydrogens (primary N) is 2. The number of nitrogens with zero attached hydrogens (tertiary/aromatic N) is 2. The van der Waals surface area contributed by atoms with E-state index in [0.717, 1.165) is 0 Å². The molecule has 0 amide bonds. The second kappa shape index (κ2) is 6.99. The Morgan fingerprint density at radius 2 is 1.75 bits per heavy atom. The van der Waals surface area contributed by atoms with Crippen molar-refractivity contribution in [2.75, 3.05) is 24.7 Å². The molecular formula is C17H17FN4O2. The monoisotopic (exact) mass is 328 g/mol. The zero-order valence-electron chi connectivity index (χ0n) is 12.9. The van der Waals surface area contributed by atoms with E-state index in [1.54, 1.807) is 24.3 Å². The van der Waals surface area contributed by atoms with Crippen LogP contribution >= 0.6 is 0 Å². The molecule has 0 aliphatic heterocycles. The van der Waals surface area contributed by atoms with Gasteiger partial charge in [-0.25, -0.2) is 9.37 Å². The maximum Gasteiger partial charge on any atom is 0.222 e. The molecular weight excluding hydrogens is 311 g/mol. The highest BCUT2D eigenvalue weighted by molar-refractivity contribution is 5.94. The van der Waals surface area contributed by atoms with Crippen molar-refractivity contribution in [1.82, 2.24) is 9.97 Å². The SMILES string of the molecule is Nc1nc(N)c2c(OCCCOc3cccc(F)c3)cccc2n1. The molecule has 3 aromatic rings. The Balaban J connectivity index is 1.58. The fourth-order valence-electron chi connectivity index (χ4n) is 2.31. The summed E-state index contributed by atoms with van der Waals surface area (Å²) in [6.07, 6.45) is 0.628. The van der Waals surface area contributed by atoms with E-state index in [-0.39, 0.29) is 17.6 Å². The first kappa shape index (κ1) is 15.8. The fraction of sp³-hybridized carbons (Fsp3) is 0.176. The van der Waals surface area contributed by atoms with E-state index in [9.17, 15) is 4.39 Å². The van der Waals surface area contributed by atoms with Crippen LogP contribution in [0.2, 0.25) is 0 Å². The van der Waals surface area contributed by atoms with E-state index >= 15 is 0 Å². The van der Waals surface area contributed by atoms with E-state index in [1.807, 2.05) is 6.07 Å². The molecule has 0 aliphatic carbocycles. The van der Waals surface area contributed by atoms with Gasteiger partial charge in [0.1, 0.15) is 23.1 Å².